The molecular weight excluding hydrogens is 224 g/mol. The molecule has 18 heavy (non-hydrogen) atoms. The number of fused-ring (bicyclic) bond motifs is 1. The number of pyridine rings is 1. The first-order chi connectivity index (χ1) is 8.79. The minimum Gasteiger partial charge on any atom is -0.299 e. The number of Topliss-reactive ketones (excluding diaryl/α,β-unsaturated/α-hetero) is 1. The van der Waals surface area contributed by atoms with E-state index in [0.717, 1.165) is 16.6 Å². The zero-order valence-corrected chi connectivity index (χ0v) is 10.0. The first-order valence-corrected chi connectivity index (χ1v) is 5.80. The average molecular weight is 238 g/mol. The Labute approximate surface area is 106 Å². The van der Waals surface area contributed by atoms with Crippen LogP contribution in [0.5, 0.6) is 0 Å². The fraction of sp³-hybridized carbons (Fsp3) is 0.200. The van der Waals surface area contributed by atoms with Crippen molar-refractivity contribution in [3.63, 3.8) is 0 Å². The molecule has 90 valence electrons. The van der Waals surface area contributed by atoms with Gasteiger partial charge in [-0.3, -0.25) is 15.1 Å². The Morgan fingerprint density at radius 2 is 2.11 bits per heavy atom. The number of hydrogen-bond donors (Lipinski definition) is 1. The number of benzene rings is 1. The van der Waals surface area contributed by atoms with Crippen LogP contribution in [-0.2, 0) is 11.2 Å². The van der Waals surface area contributed by atoms with Crippen LogP contribution < -0.4 is 5.32 Å². The Hall–Kier alpha value is -2.18. The van der Waals surface area contributed by atoms with E-state index >= 15 is 0 Å². The van der Waals surface area contributed by atoms with E-state index in [-0.39, 0.29) is 5.78 Å². The summed E-state index contributed by atoms with van der Waals surface area (Å²) in [4.78, 5) is 16.1. The number of para-hydroxylation sites is 1. The second kappa shape index (κ2) is 5.95. The highest BCUT2D eigenvalue weighted by Gasteiger charge is 2.05. The zero-order valence-electron chi connectivity index (χ0n) is 10.0. The largest absolute Gasteiger partial charge is 0.299 e. The number of ketones is 1. The molecule has 1 heterocycles. The molecule has 3 nitrogen and oxygen atoms in total. The van der Waals surface area contributed by atoms with E-state index in [9.17, 15) is 4.79 Å². The molecule has 0 aliphatic heterocycles. The van der Waals surface area contributed by atoms with Crippen molar-refractivity contribution in [2.45, 2.75) is 6.42 Å². The maximum absolute atomic E-state index is 11.7. The van der Waals surface area contributed by atoms with Gasteiger partial charge in [-0.05, 0) is 12.1 Å². The molecule has 0 amide bonds. The van der Waals surface area contributed by atoms with E-state index in [1.807, 2.05) is 36.4 Å². The van der Waals surface area contributed by atoms with Crippen molar-refractivity contribution < 1.29 is 4.79 Å². The summed E-state index contributed by atoms with van der Waals surface area (Å²) in [6.07, 6.45) is 5.43. The highest BCUT2D eigenvalue weighted by molar-refractivity contribution is 5.84. The summed E-state index contributed by atoms with van der Waals surface area (Å²) in [6, 6.07) is 11.7. The minimum atomic E-state index is 0.0908. The van der Waals surface area contributed by atoms with Crippen molar-refractivity contribution in [2.24, 2.45) is 0 Å². The molecule has 2 aromatic rings. The van der Waals surface area contributed by atoms with Crippen LogP contribution in [-0.4, -0.2) is 23.9 Å². The molecule has 1 N–H and O–H groups in total. The van der Waals surface area contributed by atoms with Gasteiger partial charge in [0.1, 0.15) is 0 Å². The van der Waals surface area contributed by atoms with E-state index in [2.05, 4.69) is 16.2 Å². The van der Waals surface area contributed by atoms with Crippen LogP contribution in [0.3, 0.4) is 0 Å². The highest BCUT2D eigenvalue weighted by Crippen LogP contribution is 2.11. The molecule has 2 rings (SSSR count). The Bertz CT molecular complexity index is 599. The van der Waals surface area contributed by atoms with Crippen molar-refractivity contribution in [3.05, 3.63) is 42.1 Å². The first-order valence-electron chi connectivity index (χ1n) is 5.80. The normalized spacial score (nSPS) is 10.2. The van der Waals surface area contributed by atoms with Gasteiger partial charge in [0.05, 0.1) is 25.0 Å². The first kappa shape index (κ1) is 12.3. The average Bonchev–Trinajstić information content (AvgIpc) is 2.39. The number of aromatic nitrogens is 1. The van der Waals surface area contributed by atoms with Crippen LogP contribution in [0.1, 0.15) is 5.69 Å². The predicted octanol–water partition coefficient (Wildman–Crippen LogP) is 1.57. The Morgan fingerprint density at radius 3 is 2.94 bits per heavy atom. The minimum absolute atomic E-state index is 0.0908. The van der Waals surface area contributed by atoms with Crippen LogP contribution in [0.15, 0.2) is 36.4 Å². The van der Waals surface area contributed by atoms with Gasteiger partial charge in [0.15, 0.2) is 5.78 Å². The van der Waals surface area contributed by atoms with Gasteiger partial charge >= 0.3 is 0 Å². The van der Waals surface area contributed by atoms with Gasteiger partial charge in [0, 0.05) is 11.1 Å². The molecule has 0 radical (unpaired) electrons. The maximum Gasteiger partial charge on any atom is 0.152 e. The summed E-state index contributed by atoms with van der Waals surface area (Å²) in [6.45, 7) is 0.704. The van der Waals surface area contributed by atoms with Gasteiger partial charge in [-0.1, -0.05) is 30.2 Å². The molecular formula is C15H14N2O. The second-order valence-electron chi connectivity index (χ2n) is 4.02. The molecule has 0 spiro atoms. The third kappa shape index (κ3) is 3.16. The van der Waals surface area contributed by atoms with Crippen LogP contribution in [0, 0.1) is 12.3 Å². The van der Waals surface area contributed by atoms with Crippen molar-refractivity contribution in [3.8, 4) is 12.3 Å². The van der Waals surface area contributed by atoms with Crippen LogP contribution in [0.2, 0.25) is 0 Å². The van der Waals surface area contributed by atoms with Crippen molar-refractivity contribution in [2.75, 3.05) is 13.1 Å². The molecule has 0 saturated heterocycles. The summed E-state index contributed by atoms with van der Waals surface area (Å²) < 4.78 is 0. The van der Waals surface area contributed by atoms with E-state index in [1.54, 1.807) is 0 Å². The molecule has 0 aliphatic rings. The summed E-state index contributed by atoms with van der Waals surface area (Å²) in [5, 5.41) is 3.96. The van der Waals surface area contributed by atoms with E-state index in [1.165, 1.54) is 0 Å². The van der Waals surface area contributed by atoms with Crippen LogP contribution >= 0.6 is 0 Å². The van der Waals surface area contributed by atoms with Gasteiger partial charge in [-0.15, -0.1) is 6.42 Å². The topological polar surface area (TPSA) is 42.0 Å². The van der Waals surface area contributed by atoms with Crippen molar-refractivity contribution >= 4 is 16.7 Å². The monoisotopic (exact) mass is 238 g/mol. The summed E-state index contributed by atoms with van der Waals surface area (Å²) in [7, 11) is 0. The summed E-state index contributed by atoms with van der Waals surface area (Å²) in [5.74, 6) is 2.52. The van der Waals surface area contributed by atoms with Crippen LogP contribution in [0.25, 0.3) is 10.9 Å². The van der Waals surface area contributed by atoms with Gasteiger partial charge in [0.2, 0.25) is 0 Å². The number of terminal acetylenes is 1. The third-order valence-corrected chi connectivity index (χ3v) is 2.58. The molecule has 0 bridgehead atoms. The van der Waals surface area contributed by atoms with Crippen LogP contribution in [0.4, 0.5) is 0 Å². The van der Waals surface area contributed by atoms with Crippen molar-refractivity contribution in [1.82, 2.24) is 10.3 Å². The fourth-order valence-electron chi connectivity index (χ4n) is 1.75. The Kier molecular flexibility index (Phi) is 4.06. The number of nitrogens with zero attached hydrogens (tertiary/aromatic N) is 1. The quantitative estimate of drug-likeness (QED) is 0.635. The fourth-order valence-corrected chi connectivity index (χ4v) is 1.75. The highest BCUT2D eigenvalue weighted by atomic mass is 16.1. The number of rotatable bonds is 5. The lowest BCUT2D eigenvalue weighted by atomic mass is 10.1. The van der Waals surface area contributed by atoms with E-state index in [4.69, 9.17) is 6.42 Å². The Morgan fingerprint density at radius 1 is 1.28 bits per heavy atom. The van der Waals surface area contributed by atoms with Gasteiger partial charge in [-0.2, -0.15) is 0 Å². The maximum atomic E-state index is 11.7. The number of carbonyl (C=O) groups excluding carboxylic acids is 1. The third-order valence-electron chi connectivity index (χ3n) is 2.58. The second-order valence-corrected chi connectivity index (χ2v) is 4.02. The van der Waals surface area contributed by atoms with Crippen molar-refractivity contribution in [1.29, 1.82) is 0 Å². The number of carbonyl (C=O) groups is 1. The lowest BCUT2D eigenvalue weighted by Gasteiger charge is -2.03. The Balaban J connectivity index is 2.03. The van der Waals surface area contributed by atoms with Gasteiger partial charge in [0.25, 0.3) is 0 Å². The molecule has 0 atom stereocenters. The molecule has 1 aromatic carbocycles. The number of nitrogens with one attached hydrogen (secondary N) is 1. The standard InChI is InChI=1S/C15H14N2O/c1-2-9-16-11-14(18)10-13-8-7-12-5-3-4-6-15(12)17-13/h1,3-8,16H,9-11H2. The predicted molar refractivity (Wildman–Crippen MR) is 72.2 cm³/mol. The summed E-state index contributed by atoms with van der Waals surface area (Å²) >= 11 is 0. The SMILES string of the molecule is C#CCNCC(=O)Cc1ccc2ccccc2n1. The van der Waals surface area contributed by atoms with E-state index in [0.29, 0.717) is 19.5 Å². The molecule has 0 saturated carbocycles. The summed E-state index contributed by atoms with van der Waals surface area (Å²) in [5.41, 5.74) is 1.71. The molecule has 0 unspecified atom stereocenters. The molecule has 1 aromatic heterocycles. The zero-order chi connectivity index (χ0) is 12.8. The molecule has 0 fully saturated rings. The van der Waals surface area contributed by atoms with E-state index < -0.39 is 0 Å². The molecule has 0 aliphatic carbocycles. The number of hydrogen-bond acceptors (Lipinski definition) is 3. The van der Waals surface area contributed by atoms with Gasteiger partial charge in [-0.25, -0.2) is 0 Å². The smallest absolute Gasteiger partial charge is 0.152 e. The molecule has 3 heteroatoms. The lowest BCUT2D eigenvalue weighted by Crippen LogP contribution is -2.24. The van der Waals surface area contributed by atoms with Gasteiger partial charge < -0.3 is 0 Å². The lowest BCUT2D eigenvalue weighted by molar-refractivity contribution is -0.117.